The number of hydrogen-bond acceptors (Lipinski definition) is 5. The average molecular weight is 364 g/mol. The third-order valence-electron chi connectivity index (χ3n) is 3.25. The molecule has 0 radical (unpaired) electrons. The molecule has 3 rings (SSSR count). The molecule has 0 fully saturated rings. The molecule has 1 heterocycles. The highest BCUT2D eigenvalue weighted by atomic mass is 35.5. The van der Waals surface area contributed by atoms with Gasteiger partial charge < -0.3 is 9.72 Å². The van der Waals surface area contributed by atoms with Crippen LogP contribution in [0.25, 0.3) is 10.9 Å². The third kappa shape index (κ3) is 3.04. The molecule has 0 atom stereocenters. The monoisotopic (exact) mass is 363 g/mol. The number of hydrogen-bond donors (Lipinski definition) is 1. The van der Waals surface area contributed by atoms with Gasteiger partial charge in [-0.2, -0.15) is 0 Å². The largest absolute Gasteiger partial charge is 0.437 e. The van der Waals surface area contributed by atoms with Crippen LogP contribution in [-0.2, 0) is 14.6 Å². The van der Waals surface area contributed by atoms with E-state index in [1.807, 2.05) is 0 Å². The second-order valence-corrected chi connectivity index (χ2v) is 7.12. The quantitative estimate of drug-likeness (QED) is 0.555. The number of nitrogens with one attached hydrogen (secondary N) is 1. The molecule has 8 heteroatoms. The van der Waals surface area contributed by atoms with E-state index in [9.17, 15) is 18.0 Å². The lowest BCUT2D eigenvalue weighted by Crippen LogP contribution is -2.20. The molecule has 2 aromatic carbocycles. The molecular weight excluding hydrogens is 354 g/mol. The van der Waals surface area contributed by atoms with Gasteiger partial charge >= 0.3 is 11.3 Å². The van der Waals surface area contributed by atoms with Crippen molar-refractivity contribution in [2.75, 3.05) is 0 Å². The Bertz CT molecular complexity index is 1020. The van der Waals surface area contributed by atoms with Gasteiger partial charge in [0.1, 0.15) is 5.69 Å². The molecule has 0 saturated carbocycles. The van der Waals surface area contributed by atoms with Crippen molar-refractivity contribution in [2.24, 2.45) is 0 Å². The first-order valence-electron chi connectivity index (χ1n) is 6.72. The average Bonchev–Trinajstić information content (AvgIpc) is 2.99. The SMILES string of the molecule is O=C(OC(=O)S(=O)(=O)c1cccc(Cl)c1)c1cc2ccccc2[nH]1. The van der Waals surface area contributed by atoms with Crippen molar-refractivity contribution < 1.29 is 22.7 Å². The van der Waals surface area contributed by atoms with Gasteiger partial charge in [0, 0.05) is 15.9 Å². The molecule has 6 nitrogen and oxygen atoms in total. The van der Waals surface area contributed by atoms with Crippen molar-refractivity contribution in [3.63, 3.8) is 0 Å². The van der Waals surface area contributed by atoms with Crippen molar-refractivity contribution in [2.45, 2.75) is 4.90 Å². The summed E-state index contributed by atoms with van der Waals surface area (Å²) >= 11 is 5.71. The maximum atomic E-state index is 12.1. The fourth-order valence-corrected chi connectivity index (χ4v) is 3.27. The lowest BCUT2D eigenvalue weighted by atomic mass is 10.2. The number of para-hydroxylation sites is 1. The lowest BCUT2D eigenvalue weighted by Gasteiger charge is -2.03. The van der Waals surface area contributed by atoms with E-state index < -0.39 is 21.1 Å². The van der Waals surface area contributed by atoms with Crippen LogP contribution in [0.2, 0.25) is 5.02 Å². The Kier molecular flexibility index (Phi) is 4.13. The Hall–Kier alpha value is -2.64. The van der Waals surface area contributed by atoms with E-state index in [1.165, 1.54) is 24.3 Å². The van der Waals surface area contributed by atoms with Crippen LogP contribution in [0.1, 0.15) is 10.5 Å². The number of fused-ring (bicyclic) bond motifs is 1. The molecular formula is C16H10ClNO5S. The summed E-state index contributed by atoms with van der Waals surface area (Å²) in [6, 6.07) is 13.6. The van der Waals surface area contributed by atoms with E-state index in [2.05, 4.69) is 9.72 Å². The Morgan fingerprint density at radius 2 is 1.75 bits per heavy atom. The van der Waals surface area contributed by atoms with Crippen LogP contribution in [0.3, 0.4) is 0 Å². The topological polar surface area (TPSA) is 93.3 Å². The normalized spacial score (nSPS) is 11.4. The Morgan fingerprint density at radius 3 is 2.46 bits per heavy atom. The summed E-state index contributed by atoms with van der Waals surface area (Å²) in [5.41, 5.74) is 0.639. The summed E-state index contributed by atoms with van der Waals surface area (Å²) in [6.45, 7) is 0. The number of aromatic amines is 1. The Balaban J connectivity index is 1.84. The molecule has 1 N–H and O–H groups in total. The molecule has 3 aromatic rings. The van der Waals surface area contributed by atoms with E-state index in [-0.39, 0.29) is 15.6 Å². The summed E-state index contributed by atoms with van der Waals surface area (Å²) in [4.78, 5) is 26.3. The minimum absolute atomic E-state index is 0.0224. The van der Waals surface area contributed by atoms with Crippen LogP contribution in [0.15, 0.2) is 59.5 Å². The number of sulfone groups is 1. The molecule has 0 bridgehead atoms. The first kappa shape index (κ1) is 16.2. The summed E-state index contributed by atoms with van der Waals surface area (Å²) in [7, 11) is -4.47. The molecule has 0 unspecified atom stereocenters. The number of carbonyl (C=O) groups excluding carboxylic acids is 2. The van der Waals surface area contributed by atoms with Crippen molar-refractivity contribution in [3.8, 4) is 0 Å². The van der Waals surface area contributed by atoms with Crippen molar-refractivity contribution in [1.82, 2.24) is 4.98 Å². The van der Waals surface area contributed by atoms with Crippen molar-refractivity contribution in [3.05, 3.63) is 65.3 Å². The Morgan fingerprint density at radius 1 is 1.00 bits per heavy atom. The molecule has 0 amide bonds. The predicted molar refractivity (Wildman–Crippen MR) is 87.7 cm³/mol. The highest BCUT2D eigenvalue weighted by Gasteiger charge is 2.30. The van der Waals surface area contributed by atoms with Crippen LogP contribution in [0.5, 0.6) is 0 Å². The van der Waals surface area contributed by atoms with E-state index in [0.717, 1.165) is 11.5 Å². The van der Waals surface area contributed by atoms with E-state index >= 15 is 0 Å². The van der Waals surface area contributed by atoms with Crippen LogP contribution >= 0.6 is 11.6 Å². The summed E-state index contributed by atoms with van der Waals surface area (Å²) in [5.74, 6) is -1.08. The van der Waals surface area contributed by atoms with Gasteiger partial charge in [0.2, 0.25) is 0 Å². The molecule has 1 aromatic heterocycles. The van der Waals surface area contributed by atoms with Gasteiger partial charge in [0.25, 0.3) is 9.84 Å². The summed E-state index contributed by atoms with van der Waals surface area (Å²) < 4.78 is 28.7. The van der Waals surface area contributed by atoms with Crippen molar-refractivity contribution >= 4 is 43.6 Å². The zero-order valence-electron chi connectivity index (χ0n) is 12.0. The van der Waals surface area contributed by atoms with Crippen LogP contribution in [-0.4, -0.2) is 24.7 Å². The highest BCUT2D eigenvalue weighted by molar-refractivity contribution is 8.05. The Labute approximate surface area is 141 Å². The number of benzene rings is 2. The molecule has 0 saturated heterocycles. The minimum atomic E-state index is -4.47. The van der Waals surface area contributed by atoms with Gasteiger partial charge in [0.05, 0.1) is 4.90 Å². The first-order valence-corrected chi connectivity index (χ1v) is 8.58. The number of esters is 1. The van der Waals surface area contributed by atoms with Gasteiger partial charge in [-0.3, -0.25) is 0 Å². The van der Waals surface area contributed by atoms with Gasteiger partial charge in [0.15, 0.2) is 0 Å². The second kappa shape index (κ2) is 6.10. The first-order chi connectivity index (χ1) is 11.4. The van der Waals surface area contributed by atoms with Gasteiger partial charge in [-0.25, -0.2) is 18.0 Å². The molecule has 24 heavy (non-hydrogen) atoms. The number of aromatic nitrogens is 1. The zero-order chi connectivity index (χ0) is 17.3. The lowest BCUT2D eigenvalue weighted by molar-refractivity contribution is 0.0655. The van der Waals surface area contributed by atoms with Gasteiger partial charge in [-0.1, -0.05) is 35.9 Å². The van der Waals surface area contributed by atoms with E-state index in [1.54, 1.807) is 24.3 Å². The minimum Gasteiger partial charge on any atom is -0.376 e. The van der Waals surface area contributed by atoms with E-state index in [0.29, 0.717) is 5.52 Å². The molecule has 0 aliphatic heterocycles. The molecule has 0 spiro atoms. The van der Waals surface area contributed by atoms with Crippen LogP contribution in [0, 0.1) is 0 Å². The molecule has 0 aliphatic carbocycles. The highest BCUT2D eigenvalue weighted by Crippen LogP contribution is 2.20. The predicted octanol–water partition coefficient (Wildman–Crippen LogP) is 3.57. The summed E-state index contributed by atoms with van der Waals surface area (Å²) in [5, 5.41) is -0.783. The number of ether oxygens (including phenoxy) is 1. The number of H-pyrrole nitrogens is 1. The maximum Gasteiger partial charge on any atom is 0.437 e. The second-order valence-electron chi connectivity index (χ2n) is 4.87. The van der Waals surface area contributed by atoms with E-state index in [4.69, 9.17) is 11.6 Å². The standard InChI is InChI=1S/C16H10ClNO5S/c17-11-5-3-6-12(9-11)24(21,22)16(20)23-15(19)14-8-10-4-1-2-7-13(10)18-14/h1-9,18H. The molecule has 122 valence electrons. The maximum absolute atomic E-state index is 12.1. The smallest absolute Gasteiger partial charge is 0.376 e. The number of halogens is 1. The molecule has 0 aliphatic rings. The zero-order valence-corrected chi connectivity index (χ0v) is 13.6. The number of rotatable bonds is 2. The summed E-state index contributed by atoms with van der Waals surface area (Å²) in [6.07, 6.45) is 0. The van der Waals surface area contributed by atoms with Gasteiger partial charge in [-0.05, 0) is 30.3 Å². The fraction of sp³-hybridized carbons (Fsp3) is 0. The van der Waals surface area contributed by atoms with Gasteiger partial charge in [-0.15, -0.1) is 0 Å². The van der Waals surface area contributed by atoms with Crippen LogP contribution < -0.4 is 0 Å². The van der Waals surface area contributed by atoms with Crippen molar-refractivity contribution in [1.29, 1.82) is 0 Å². The fourth-order valence-electron chi connectivity index (χ4n) is 2.10. The number of carbonyl (C=O) groups is 2. The third-order valence-corrected chi connectivity index (χ3v) is 4.88. The van der Waals surface area contributed by atoms with Crippen LogP contribution in [0.4, 0.5) is 4.79 Å².